The number of anilines is 1. The second kappa shape index (κ2) is 8.50. The van der Waals surface area contributed by atoms with Crippen LogP contribution in [-0.4, -0.2) is 16.7 Å². The Morgan fingerprint density at radius 3 is 2.42 bits per heavy atom. The van der Waals surface area contributed by atoms with Gasteiger partial charge in [-0.3, -0.25) is 25.1 Å². The first-order chi connectivity index (χ1) is 15.0. The first kappa shape index (κ1) is 19.8. The van der Waals surface area contributed by atoms with E-state index in [1.54, 1.807) is 60.7 Å². The van der Waals surface area contributed by atoms with Gasteiger partial charge in [0, 0.05) is 12.1 Å². The molecule has 0 spiro atoms. The molecule has 1 saturated heterocycles. The summed E-state index contributed by atoms with van der Waals surface area (Å²) in [5.41, 5.74) is 4.58. The zero-order valence-corrected chi connectivity index (χ0v) is 16.2. The monoisotopic (exact) mass is 415 g/mol. The Kier molecular flexibility index (Phi) is 5.44. The summed E-state index contributed by atoms with van der Waals surface area (Å²) in [6, 6.07) is 21.9. The fourth-order valence-corrected chi connectivity index (χ4v) is 3.06. The molecule has 0 bridgehead atoms. The number of hydrogen-bond acceptors (Lipinski definition) is 5. The third kappa shape index (κ3) is 4.43. The van der Waals surface area contributed by atoms with Crippen molar-refractivity contribution in [3.8, 4) is 5.75 Å². The molecular weight excluding hydrogens is 398 g/mol. The molecule has 1 aliphatic heterocycles. The van der Waals surface area contributed by atoms with Crippen LogP contribution in [-0.2, 0) is 16.2 Å². The van der Waals surface area contributed by atoms with Crippen molar-refractivity contribution in [1.29, 1.82) is 0 Å². The quantitative estimate of drug-likeness (QED) is 0.287. The van der Waals surface area contributed by atoms with Gasteiger partial charge in [-0.05, 0) is 53.6 Å². The lowest BCUT2D eigenvalue weighted by Crippen LogP contribution is -2.35. The Bertz CT molecular complexity index is 1170. The predicted octanol–water partition coefficient (Wildman–Crippen LogP) is 3.64. The second-order valence-electron chi connectivity index (χ2n) is 6.76. The fourth-order valence-electron chi connectivity index (χ4n) is 3.06. The number of hydrazine groups is 1. The van der Waals surface area contributed by atoms with Crippen molar-refractivity contribution in [2.45, 2.75) is 6.61 Å². The summed E-state index contributed by atoms with van der Waals surface area (Å²) in [7, 11) is 0. The van der Waals surface area contributed by atoms with Gasteiger partial charge in [0.1, 0.15) is 17.9 Å². The summed E-state index contributed by atoms with van der Waals surface area (Å²) in [5.74, 6) is -0.377. The van der Waals surface area contributed by atoms with E-state index in [-0.39, 0.29) is 17.9 Å². The van der Waals surface area contributed by atoms with Gasteiger partial charge in [0.15, 0.2) is 0 Å². The normalized spacial score (nSPS) is 14.6. The van der Waals surface area contributed by atoms with Crippen LogP contribution < -0.4 is 15.2 Å². The van der Waals surface area contributed by atoms with E-state index in [1.807, 2.05) is 6.07 Å². The molecule has 0 aliphatic carbocycles. The number of nitro benzene ring substituents is 1. The Morgan fingerprint density at radius 1 is 0.968 bits per heavy atom. The molecule has 3 aromatic carbocycles. The minimum absolute atomic E-state index is 0.0152. The van der Waals surface area contributed by atoms with Crippen LogP contribution in [0.15, 0.2) is 84.4 Å². The molecule has 4 rings (SSSR count). The summed E-state index contributed by atoms with van der Waals surface area (Å²) in [6.07, 6.45) is 1.51. The summed E-state index contributed by atoms with van der Waals surface area (Å²) in [5, 5.41) is 11.9. The summed E-state index contributed by atoms with van der Waals surface area (Å²) in [6.45, 7) is 0.221. The zero-order chi connectivity index (χ0) is 21.8. The average molecular weight is 415 g/mol. The number of rotatable bonds is 6. The highest BCUT2D eigenvalue weighted by molar-refractivity contribution is 6.31. The van der Waals surface area contributed by atoms with Gasteiger partial charge in [-0.2, -0.15) is 0 Å². The molecule has 31 heavy (non-hydrogen) atoms. The van der Waals surface area contributed by atoms with Crippen molar-refractivity contribution < 1.29 is 19.2 Å². The standard InChI is InChI=1S/C23H17N3O5/c27-22-21(23(28)25(24-22)18-6-2-1-3-7-18)14-17-5-4-8-20(13-17)31-15-16-9-11-19(12-10-16)26(29)30/h1-14H,15H2,(H,24,27)/b21-14-. The third-order valence-electron chi connectivity index (χ3n) is 4.63. The van der Waals surface area contributed by atoms with Crippen molar-refractivity contribution in [2.24, 2.45) is 0 Å². The molecule has 0 saturated carbocycles. The topological polar surface area (TPSA) is 102 Å². The fraction of sp³-hybridized carbons (Fsp3) is 0.0435. The number of carbonyl (C=O) groups is 2. The van der Waals surface area contributed by atoms with Gasteiger partial charge < -0.3 is 4.74 Å². The molecular formula is C23H17N3O5. The number of nitrogens with one attached hydrogen (secondary N) is 1. The molecule has 1 aliphatic rings. The molecule has 3 aromatic rings. The maximum absolute atomic E-state index is 12.7. The predicted molar refractivity (Wildman–Crippen MR) is 114 cm³/mol. The van der Waals surface area contributed by atoms with Crippen molar-refractivity contribution in [3.05, 3.63) is 106 Å². The maximum atomic E-state index is 12.7. The number of para-hydroxylation sites is 1. The van der Waals surface area contributed by atoms with E-state index in [1.165, 1.54) is 23.2 Å². The summed E-state index contributed by atoms with van der Waals surface area (Å²) >= 11 is 0. The number of nitro groups is 1. The summed E-state index contributed by atoms with van der Waals surface area (Å²) < 4.78 is 5.75. The smallest absolute Gasteiger partial charge is 0.282 e. The highest BCUT2D eigenvalue weighted by Crippen LogP contribution is 2.23. The number of carbonyl (C=O) groups excluding carboxylic acids is 2. The van der Waals surface area contributed by atoms with E-state index in [0.29, 0.717) is 17.0 Å². The number of benzene rings is 3. The van der Waals surface area contributed by atoms with Gasteiger partial charge in [0.05, 0.1) is 10.6 Å². The minimum Gasteiger partial charge on any atom is -0.489 e. The number of nitrogens with zero attached hydrogens (tertiary/aromatic N) is 2. The van der Waals surface area contributed by atoms with E-state index < -0.39 is 16.7 Å². The highest BCUT2D eigenvalue weighted by Gasteiger charge is 2.34. The van der Waals surface area contributed by atoms with Crippen molar-refractivity contribution in [3.63, 3.8) is 0 Å². The van der Waals surface area contributed by atoms with Crippen LogP contribution in [0.2, 0.25) is 0 Å². The third-order valence-corrected chi connectivity index (χ3v) is 4.63. The highest BCUT2D eigenvalue weighted by atomic mass is 16.6. The Hall–Kier alpha value is -4.46. The maximum Gasteiger partial charge on any atom is 0.282 e. The van der Waals surface area contributed by atoms with Crippen molar-refractivity contribution in [1.82, 2.24) is 5.43 Å². The Labute approximate surface area is 177 Å². The van der Waals surface area contributed by atoms with Gasteiger partial charge in [0.2, 0.25) is 0 Å². The van der Waals surface area contributed by atoms with Gasteiger partial charge in [-0.15, -0.1) is 0 Å². The lowest BCUT2D eigenvalue weighted by Gasteiger charge is -2.13. The van der Waals surface area contributed by atoms with Crippen LogP contribution in [0, 0.1) is 10.1 Å². The van der Waals surface area contributed by atoms with Crippen LogP contribution in [0.1, 0.15) is 11.1 Å². The lowest BCUT2D eigenvalue weighted by atomic mass is 10.1. The lowest BCUT2D eigenvalue weighted by molar-refractivity contribution is -0.384. The first-order valence-corrected chi connectivity index (χ1v) is 9.39. The van der Waals surface area contributed by atoms with E-state index in [2.05, 4.69) is 5.43 Å². The second-order valence-corrected chi connectivity index (χ2v) is 6.76. The Balaban J connectivity index is 1.48. The van der Waals surface area contributed by atoms with Crippen molar-refractivity contribution >= 4 is 29.3 Å². The average Bonchev–Trinajstić information content (AvgIpc) is 3.07. The molecule has 0 radical (unpaired) electrons. The zero-order valence-electron chi connectivity index (χ0n) is 16.2. The van der Waals surface area contributed by atoms with Crippen LogP contribution >= 0.6 is 0 Å². The molecule has 1 N–H and O–H groups in total. The van der Waals surface area contributed by atoms with Crippen molar-refractivity contribution in [2.75, 3.05) is 5.01 Å². The number of ether oxygens (including phenoxy) is 1. The molecule has 0 aromatic heterocycles. The minimum atomic E-state index is -0.481. The van der Waals surface area contributed by atoms with Crippen LogP contribution in [0.25, 0.3) is 6.08 Å². The number of amides is 2. The van der Waals surface area contributed by atoms with E-state index in [9.17, 15) is 19.7 Å². The summed E-state index contributed by atoms with van der Waals surface area (Å²) in [4.78, 5) is 35.3. The molecule has 154 valence electrons. The number of hydrogen-bond donors (Lipinski definition) is 1. The molecule has 1 heterocycles. The molecule has 2 amide bonds. The van der Waals surface area contributed by atoms with E-state index in [4.69, 9.17) is 4.74 Å². The first-order valence-electron chi connectivity index (χ1n) is 9.39. The largest absolute Gasteiger partial charge is 0.489 e. The molecule has 0 atom stereocenters. The van der Waals surface area contributed by atoms with E-state index in [0.717, 1.165) is 5.56 Å². The molecule has 1 fully saturated rings. The van der Waals surface area contributed by atoms with E-state index >= 15 is 0 Å². The Morgan fingerprint density at radius 2 is 1.71 bits per heavy atom. The van der Waals surface area contributed by atoms with Crippen LogP contribution in [0.3, 0.4) is 0 Å². The molecule has 8 heteroatoms. The number of non-ortho nitro benzene ring substituents is 1. The van der Waals surface area contributed by atoms with Gasteiger partial charge in [-0.25, -0.2) is 5.01 Å². The van der Waals surface area contributed by atoms with Crippen LogP contribution in [0.5, 0.6) is 5.75 Å². The van der Waals surface area contributed by atoms with Crippen LogP contribution in [0.4, 0.5) is 11.4 Å². The van der Waals surface area contributed by atoms with Gasteiger partial charge in [0.25, 0.3) is 17.5 Å². The molecule has 8 nitrogen and oxygen atoms in total. The van der Waals surface area contributed by atoms with Gasteiger partial charge in [-0.1, -0.05) is 30.3 Å². The molecule has 0 unspecified atom stereocenters. The van der Waals surface area contributed by atoms with Gasteiger partial charge >= 0.3 is 0 Å². The SMILES string of the molecule is O=C1NN(c2ccccc2)C(=O)/C1=C\c1cccc(OCc2ccc([N+](=O)[O-])cc2)c1.